The molecule has 2 aromatic heterocycles. The Morgan fingerprint density at radius 3 is 2.95 bits per heavy atom. The lowest BCUT2D eigenvalue weighted by atomic mass is 10.2. The Balaban J connectivity index is 1.99. The molecule has 0 aliphatic rings. The second-order valence-corrected chi connectivity index (χ2v) is 4.21. The molecule has 0 aliphatic heterocycles. The van der Waals surface area contributed by atoms with E-state index >= 15 is 0 Å². The number of ether oxygens (including phenoxy) is 2. The molecule has 0 atom stereocenters. The third kappa shape index (κ3) is 2.61. The normalized spacial score (nSPS) is 10.8. The van der Waals surface area contributed by atoms with Crippen LogP contribution in [0.1, 0.15) is 12.5 Å². The van der Waals surface area contributed by atoms with Gasteiger partial charge in [-0.25, -0.2) is 0 Å². The number of rotatable bonds is 5. The monoisotopic (exact) mass is 286 g/mol. The number of benzene rings is 1. The molecule has 108 valence electrons. The zero-order valence-corrected chi connectivity index (χ0v) is 11.4. The van der Waals surface area contributed by atoms with Gasteiger partial charge in [0.25, 0.3) is 0 Å². The van der Waals surface area contributed by atoms with Crippen molar-refractivity contribution in [3.05, 3.63) is 36.2 Å². The van der Waals surface area contributed by atoms with Gasteiger partial charge in [0.05, 0.1) is 19.0 Å². The van der Waals surface area contributed by atoms with E-state index in [9.17, 15) is 0 Å². The Morgan fingerprint density at radius 2 is 2.14 bits per heavy atom. The van der Waals surface area contributed by atoms with Crippen molar-refractivity contribution < 1.29 is 9.47 Å². The molecule has 8 heteroatoms. The molecule has 0 bridgehead atoms. The third-order valence-electron chi connectivity index (χ3n) is 2.84. The summed E-state index contributed by atoms with van der Waals surface area (Å²) in [5, 5.41) is 11.3. The molecule has 0 radical (unpaired) electrons. The molecule has 2 N–H and O–H groups in total. The van der Waals surface area contributed by atoms with Crippen LogP contribution in [0, 0.1) is 0 Å². The largest absolute Gasteiger partial charge is 0.490 e. The molecular formula is C13H14N6O2. The van der Waals surface area contributed by atoms with Crippen molar-refractivity contribution >= 4 is 5.65 Å². The summed E-state index contributed by atoms with van der Waals surface area (Å²) in [6.45, 7) is 2.87. The van der Waals surface area contributed by atoms with E-state index < -0.39 is 0 Å². The molecule has 0 amide bonds. The Hall–Kier alpha value is -2.74. The molecular weight excluding hydrogens is 272 g/mol. The smallest absolute Gasteiger partial charge is 0.242 e. The molecule has 0 unspecified atom stereocenters. The van der Waals surface area contributed by atoms with Crippen molar-refractivity contribution in [1.82, 2.24) is 25.0 Å². The topological polar surface area (TPSA) is 100 Å². The van der Waals surface area contributed by atoms with E-state index in [-0.39, 0.29) is 0 Å². The highest BCUT2D eigenvalue weighted by Crippen LogP contribution is 2.32. The van der Waals surface area contributed by atoms with Crippen molar-refractivity contribution in [1.29, 1.82) is 0 Å². The zero-order chi connectivity index (χ0) is 14.7. The lowest BCUT2D eigenvalue weighted by Crippen LogP contribution is -2.02. The van der Waals surface area contributed by atoms with Gasteiger partial charge in [-0.1, -0.05) is 6.07 Å². The summed E-state index contributed by atoms with van der Waals surface area (Å²) in [6, 6.07) is 5.54. The van der Waals surface area contributed by atoms with Crippen molar-refractivity contribution in [3.63, 3.8) is 0 Å². The Bertz CT molecular complexity index is 757. The van der Waals surface area contributed by atoms with Crippen LogP contribution >= 0.6 is 0 Å². The summed E-state index contributed by atoms with van der Waals surface area (Å²) >= 11 is 0. The Labute approximate surface area is 120 Å². The van der Waals surface area contributed by atoms with Gasteiger partial charge in [0.15, 0.2) is 11.5 Å². The molecule has 21 heavy (non-hydrogen) atoms. The quantitative estimate of drug-likeness (QED) is 0.751. The van der Waals surface area contributed by atoms with E-state index in [1.165, 1.54) is 10.7 Å². The Kier molecular flexibility index (Phi) is 3.61. The van der Waals surface area contributed by atoms with E-state index in [1.807, 2.05) is 19.1 Å². The second kappa shape index (κ2) is 5.71. The van der Waals surface area contributed by atoms with Crippen molar-refractivity contribution in [3.8, 4) is 17.4 Å². The molecule has 8 nitrogen and oxygen atoms in total. The first-order valence-corrected chi connectivity index (χ1v) is 6.47. The Morgan fingerprint density at radius 1 is 1.24 bits per heavy atom. The lowest BCUT2D eigenvalue weighted by molar-refractivity contribution is 0.317. The maximum Gasteiger partial charge on any atom is 0.242 e. The predicted molar refractivity (Wildman–Crippen MR) is 74.2 cm³/mol. The van der Waals surface area contributed by atoms with E-state index in [0.29, 0.717) is 36.2 Å². The van der Waals surface area contributed by atoms with Gasteiger partial charge in [0, 0.05) is 6.54 Å². The molecule has 0 saturated heterocycles. The predicted octanol–water partition coefficient (Wildman–Crippen LogP) is 1.17. The van der Waals surface area contributed by atoms with Crippen LogP contribution in [0.4, 0.5) is 0 Å². The number of fused-ring (bicyclic) bond motifs is 1. The summed E-state index contributed by atoms with van der Waals surface area (Å²) in [5.74, 6) is 1.57. The molecule has 0 aliphatic carbocycles. The minimum atomic E-state index is 0.402. The van der Waals surface area contributed by atoms with Crippen molar-refractivity contribution in [2.24, 2.45) is 5.73 Å². The fraction of sp³-hybridized carbons (Fsp3) is 0.231. The highest BCUT2D eigenvalue weighted by atomic mass is 16.5. The van der Waals surface area contributed by atoms with Crippen LogP contribution in [0.2, 0.25) is 0 Å². The molecule has 0 saturated carbocycles. The van der Waals surface area contributed by atoms with E-state index in [4.69, 9.17) is 15.2 Å². The first-order valence-electron chi connectivity index (χ1n) is 6.47. The first-order chi connectivity index (χ1) is 10.3. The van der Waals surface area contributed by atoms with Gasteiger partial charge in [-0.3, -0.25) is 4.98 Å². The fourth-order valence-electron chi connectivity index (χ4n) is 1.87. The number of hydrogen-bond donors (Lipinski definition) is 1. The van der Waals surface area contributed by atoms with Crippen LogP contribution < -0.4 is 15.2 Å². The van der Waals surface area contributed by atoms with E-state index in [2.05, 4.69) is 20.5 Å². The minimum absolute atomic E-state index is 0.402. The average Bonchev–Trinajstić information content (AvgIpc) is 2.99. The summed E-state index contributed by atoms with van der Waals surface area (Å²) in [7, 11) is 0. The zero-order valence-electron chi connectivity index (χ0n) is 11.4. The molecule has 2 heterocycles. The van der Waals surface area contributed by atoms with Crippen molar-refractivity contribution in [2.45, 2.75) is 13.5 Å². The van der Waals surface area contributed by atoms with E-state index in [1.54, 1.807) is 12.3 Å². The third-order valence-corrected chi connectivity index (χ3v) is 2.84. The maximum atomic E-state index is 5.83. The summed E-state index contributed by atoms with van der Waals surface area (Å²) in [5.41, 5.74) is 7.11. The standard InChI is InChI=1S/C13H14N6O2/c1-2-20-11-5-9(6-14)3-4-10(11)21-13-8-15-7-12-16-17-18-19(12)13/h3-5,7-8H,2,6,14H2,1H3. The lowest BCUT2D eigenvalue weighted by Gasteiger charge is -2.12. The van der Waals surface area contributed by atoms with Crippen LogP contribution in [0.5, 0.6) is 17.4 Å². The fourth-order valence-corrected chi connectivity index (χ4v) is 1.87. The van der Waals surface area contributed by atoms with Crippen LogP contribution in [-0.2, 0) is 6.54 Å². The average molecular weight is 286 g/mol. The SMILES string of the molecule is CCOc1cc(CN)ccc1Oc1cncc2nnnn12. The highest BCUT2D eigenvalue weighted by Gasteiger charge is 2.11. The van der Waals surface area contributed by atoms with Crippen LogP contribution in [0.15, 0.2) is 30.6 Å². The molecule has 0 fully saturated rings. The van der Waals surface area contributed by atoms with Gasteiger partial charge >= 0.3 is 0 Å². The number of nitrogens with two attached hydrogens (primary N) is 1. The summed E-state index contributed by atoms with van der Waals surface area (Å²) < 4.78 is 12.9. The number of hydrogen-bond acceptors (Lipinski definition) is 7. The van der Waals surface area contributed by atoms with Gasteiger partial charge in [0.1, 0.15) is 0 Å². The highest BCUT2D eigenvalue weighted by molar-refractivity contribution is 5.45. The van der Waals surface area contributed by atoms with Gasteiger partial charge in [-0.2, -0.15) is 4.52 Å². The van der Waals surface area contributed by atoms with E-state index in [0.717, 1.165) is 5.56 Å². The molecule has 1 aromatic carbocycles. The number of tetrazole rings is 1. The number of aromatic nitrogens is 5. The molecule has 0 spiro atoms. The van der Waals surface area contributed by atoms with Gasteiger partial charge < -0.3 is 15.2 Å². The molecule has 3 rings (SSSR count). The number of nitrogens with zero attached hydrogens (tertiary/aromatic N) is 5. The van der Waals surface area contributed by atoms with Crippen LogP contribution in [-0.4, -0.2) is 31.6 Å². The van der Waals surface area contributed by atoms with Gasteiger partial charge in [-0.15, -0.1) is 5.10 Å². The second-order valence-electron chi connectivity index (χ2n) is 4.21. The van der Waals surface area contributed by atoms with Gasteiger partial charge in [0.2, 0.25) is 11.5 Å². The first kappa shape index (κ1) is 13.3. The minimum Gasteiger partial charge on any atom is -0.490 e. The van der Waals surface area contributed by atoms with Crippen molar-refractivity contribution in [2.75, 3.05) is 6.61 Å². The molecule has 3 aromatic rings. The summed E-state index contributed by atoms with van der Waals surface area (Å²) in [6.07, 6.45) is 3.09. The maximum absolute atomic E-state index is 5.83. The van der Waals surface area contributed by atoms with Crippen LogP contribution in [0.25, 0.3) is 5.65 Å². The van der Waals surface area contributed by atoms with Crippen LogP contribution in [0.3, 0.4) is 0 Å². The van der Waals surface area contributed by atoms with Gasteiger partial charge in [-0.05, 0) is 35.0 Å². The summed E-state index contributed by atoms with van der Waals surface area (Å²) in [4.78, 5) is 4.04.